The van der Waals surface area contributed by atoms with E-state index in [4.69, 9.17) is 0 Å². The number of rotatable bonds is 4. The quantitative estimate of drug-likeness (QED) is 0.799. The topological polar surface area (TPSA) is 51.0 Å². The Bertz CT molecular complexity index is 710. The van der Waals surface area contributed by atoms with Crippen LogP contribution in [0, 0.1) is 6.92 Å². The molecule has 1 aromatic heterocycles. The Hall–Kier alpha value is -1.82. The minimum Gasteiger partial charge on any atom is -0.339 e. The number of aryl methyl sites for hydroxylation is 1. The van der Waals surface area contributed by atoms with Crippen LogP contribution in [-0.4, -0.2) is 43.9 Å². The number of likely N-dealkylation sites (tertiary alicyclic amines) is 1. The summed E-state index contributed by atoms with van der Waals surface area (Å²) in [6.07, 6.45) is 3.45. The van der Waals surface area contributed by atoms with E-state index in [1.54, 1.807) is 0 Å². The summed E-state index contributed by atoms with van der Waals surface area (Å²) < 4.78 is 1.96. The van der Waals surface area contributed by atoms with Crippen molar-refractivity contribution in [1.29, 1.82) is 0 Å². The number of thioether (sulfide) groups is 1. The fraction of sp³-hybridized carbons (Fsp3) is 0.500. The van der Waals surface area contributed by atoms with Gasteiger partial charge >= 0.3 is 0 Å². The average molecular weight is 344 g/mol. The van der Waals surface area contributed by atoms with Crippen molar-refractivity contribution >= 4 is 17.7 Å². The number of aromatic nitrogens is 3. The molecule has 128 valence electrons. The van der Waals surface area contributed by atoms with Gasteiger partial charge in [0.2, 0.25) is 5.91 Å². The zero-order chi connectivity index (χ0) is 17.1. The first-order chi connectivity index (χ1) is 11.6. The van der Waals surface area contributed by atoms with Crippen LogP contribution in [-0.2, 0) is 11.8 Å². The molecule has 5 nitrogen and oxygen atoms in total. The number of nitrogens with zero attached hydrogens (tertiary/aromatic N) is 4. The zero-order valence-corrected chi connectivity index (χ0v) is 15.3. The fourth-order valence-electron chi connectivity index (χ4n) is 3.07. The Morgan fingerprint density at radius 3 is 2.71 bits per heavy atom. The van der Waals surface area contributed by atoms with Gasteiger partial charge in [0.25, 0.3) is 0 Å². The van der Waals surface area contributed by atoms with Crippen molar-refractivity contribution in [2.45, 2.75) is 44.3 Å². The van der Waals surface area contributed by atoms with Gasteiger partial charge in [-0.15, -0.1) is 10.2 Å². The van der Waals surface area contributed by atoms with Crippen molar-refractivity contribution < 1.29 is 4.79 Å². The molecule has 0 spiro atoms. The maximum atomic E-state index is 12.5. The van der Waals surface area contributed by atoms with Gasteiger partial charge in [0, 0.05) is 25.2 Å². The Morgan fingerprint density at radius 2 is 2.00 bits per heavy atom. The van der Waals surface area contributed by atoms with E-state index in [1.165, 1.54) is 23.7 Å². The third-order valence-corrected chi connectivity index (χ3v) is 5.60. The van der Waals surface area contributed by atoms with Gasteiger partial charge in [0.05, 0.1) is 5.75 Å². The molecule has 0 aliphatic carbocycles. The second kappa shape index (κ2) is 7.38. The van der Waals surface area contributed by atoms with Crippen LogP contribution in [0.5, 0.6) is 0 Å². The number of piperidine rings is 1. The van der Waals surface area contributed by atoms with Gasteiger partial charge in [-0.3, -0.25) is 4.79 Å². The summed E-state index contributed by atoms with van der Waals surface area (Å²) in [5, 5.41) is 9.33. The predicted octanol–water partition coefficient (Wildman–Crippen LogP) is 3.28. The van der Waals surface area contributed by atoms with Gasteiger partial charge in [-0.05, 0) is 33.1 Å². The molecule has 1 saturated heterocycles. The fourth-order valence-corrected chi connectivity index (χ4v) is 3.87. The standard InChI is InChI=1S/C18H24N4OS/c1-13-7-9-15(10-8-13)17-19-20-18(21(17)3)24-12-16(23)22-11-5-4-6-14(22)2/h7-10,14H,4-6,11-12H2,1-3H3. The SMILES string of the molecule is Cc1ccc(-c2nnc(SCC(=O)N3CCCCC3C)n2C)cc1. The molecule has 1 aliphatic heterocycles. The van der Waals surface area contributed by atoms with Crippen LogP contribution in [0.3, 0.4) is 0 Å². The summed E-state index contributed by atoms with van der Waals surface area (Å²) in [4.78, 5) is 14.5. The highest BCUT2D eigenvalue weighted by Crippen LogP contribution is 2.24. The maximum Gasteiger partial charge on any atom is 0.233 e. The van der Waals surface area contributed by atoms with Crippen molar-refractivity contribution in [1.82, 2.24) is 19.7 Å². The molecule has 24 heavy (non-hydrogen) atoms. The number of amides is 1. The van der Waals surface area contributed by atoms with Gasteiger partial charge in [0.1, 0.15) is 0 Å². The maximum absolute atomic E-state index is 12.5. The Labute approximate surface area is 147 Å². The van der Waals surface area contributed by atoms with Crippen molar-refractivity contribution in [2.24, 2.45) is 7.05 Å². The largest absolute Gasteiger partial charge is 0.339 e. The first-order valence-corrected chi connectivity index (χ1v) is 9.43. The lowest BCUT2D eigenvalue weighted by Gasteiger charge is -2.33. The van der Waals surface area contributed by atoms with Crippen LogP contribution in [0.2, 0.25) is 0 Å². The van der Waals surface area contributed by atoms with Crippen LogP contribution >= 0.6 is 11.8 Å². The molecule has 1 aliphatic rings. The van der Waals surface area contributed by atoms with E-state index in [9.17, 15) is 4.79 Å². The molecule has 1 amide bonds. The molecule has 3 rings (SSSR count). The molecule has 0 radical (unpaired) electrons. The van der Waals surface area contributed by atoms with Crippen molar-refractivity contribution in [3.05, 3.63) is 29.8 Å². The zero-order valence-electron chi connectivity index (χ0n) is 14.5. The first kappa shape index (κ1) is 17.0. The summed E-state index contributed by atoms with van der Waals surface area (Å²) in [5.41, 5.74) is 2.26. The lowest BCUT2D eigenvalue weighted by molar-refractivity contribution is -0.131. The van der Waals surface area contributed by atoms with E-state index in [0.29, 0.717) is 11.8 Å². The molecule has 1 atom stereocenters. The van der Waals surface area contributed by atoms with E-state index < -0.39 is 0 Å². The molecular weight excluding hydrogens is 320 g/mol. The first-order valence-electron chi connectivity index (χ1n) is 8.45. The monoisotopic (exact) mass is 344 g/mol. The summed E-state index contributed by atoms with van der Waals surface area (Å²) in [7, 11) is 1.95. The molecule has 1 fully saturated rings. The number of carbonyl (C=O) groups excluding carboxylic acids is 1. The highest BCUT2D eigenvalue weighted by Gasteiger charge is 2.23. The Balaban J connectivity index is 1.66. The molecule has 0 bridgehead atoms. The minimum absolute atomic E-state index is 0.201. The van der Waals surface area contributed by atoms with E-state index in [1.807, 2.05) is 28.6 Å². The Morgan fingerprint density at radius 1 is 1.25 bits per heavy atom. The molecule has 1 unspecified atom stereocenters. The number of hydrogen-bond acceptors (Lipinski definition) is 4. The summed E-state index contributed by atoms with van der Waals surface area (Å²) >= 11 is 1.47. The van der Waals surface area contributed by atoms with Gasteiger partial charge in [-0.1, -0.05) is 41.6 Å². The molecule has 1 aromatic carbocycles. The molecule has 6 heteroatoms. The second-order valence-electron chi connectivity index (χ2n) is 6.45. The number of benzene rings is 1. The summed E-state index contributed by atoms with van der Waals surface area (Å²) in [6, 6.07) is 8.59. The van der Waals surface area contributed by atoms with Crippen molar-refractivity contribution in [3.63, 3.8) is 0 Å². The average Bonchev–Trinajstić information content (AvgIpc) is 2.95. The van der Waals surface area contributed by atoms with Crippen molar-refractivity contribution in [3.8, 4) is 11.4 Å². The molecule has 0 saturated carbocycles. The molecule has 0 N–H and O–H groups in total. The predicted molar refractivity (Wildman–Crippen MR) is 96.9 cm³/mol. The van der Waals surface area contributed by atoms with Gasteiger partial charge in [0.15, 0.2) is 11.0 Å². The van der Waals surface area contributed by atoms with Gasteiger partial charge in [-0.2, -0.15) is 0 Å². The van der Waals surface area contributed by atoms with Crippen LogP contribution in [0.1, 0.15) is 31.7 Å². The second-order valence-corrected chi connectivity index (χ2v) is 7.39. The van der Waals surface area contributed by atoms with Crippen molar-refractivity contribution in [2.75, 3.05) is 12.3 Å². The molecular formula is C18H24N4OS. The van der Waals surface area contributed by atoms with E-state index in [0.717, 1.165) is 35.9 Å². The lowest BCUT2D eigenvalue weighted by Crippen LogP contribution is -2.42. The third-order valence-electron chi connectivity index (χ3n) is 4.59. The minimum atomic E-state index is 0.201. The summed E-state index contributed by atoms with van der Waals surface area (Å²) in [6.45, 7) is 5.09. The number of carbonyl (C=O) groups is 1. The molecule has 2 aromatic rings. The van der Waals surface area contributed by atoms with E-state index in [2.05, 4.69) is 36.2 Å². The smallest absolute Gasteiger partial charge is 0.233 e. The number of hydrogen-bond donors (Lipinski definition) is 0. The van der Waals surface area contributed by atoms with Crippen LogP contribution < -0.4 is 0 Å². The summed E-state index contributed by atoms with van der Waals surface area (Å²) in [5.74, 6) is 1.45. The lowest BCUT2D eigenvalue weighted by atomic mass is 10.0. The van der Waals surface area contributed by atoms with E-state index in [-0.39, 0.29) is 5.91 Å². The van der Waals surface area contributed by atoms with Gasteiger partial charge in [-0.25, -0.2) is 0 Å². The normalized spacial score (nSPS) is 18.0. The van der Waals surface area contributed by atoms with Crippen LogP contribution in [0.25, 0.3) is 11.4 Å². The highest BCUT2D eigenvalue weighted by atomic mass is 32.2. The van der Waals surface area contributed by atoms with E-state index >= 15 is 0 Å². The van der Waals surface area contributed by atoms with Gasteiger partial charge < -0.3 is 9.47 Å². The van der Waals surface area contributed by atoms with Crippen LogP contribution in [0.4, 0.5) is 0 Å². The highest BCUT2D eigenvalue weighted by molar-refractivity contribution is 7.99. The third kappa shape index (κ3) is 3.64. The Kier molecular flexibility index (Phi) is 5.23. The van der Waals surface area contributed by atoms with Crippen LogP contribution in [0.15, 0.2) is 29.4 Å². The molecule has 2 heterocycles.